The summed E-state index contributed by atoms with van der Waals surface area (Å²) in [6, 6.07) is 11.1. The molecule has 0 aliphatic carbocycles. The van der Waals surface area contributed by atoms with E-state index in [1.165, 1.54) is 4.90 Å². The van der Waals surface area contributed by atoms with Crippen LogP contribution in [-0.4, -0.2) is 86.1 Å². The summed E-state index contributed by atoms with van der Waals surface area (Å²) in [6.45, 7) is 0.293. The Morgan fingerprint density at radius 2 is 1.54 bits per heavy atom. The zero-order chi connectivity index (χ0) is 34.9. The van der Waals surface area contributed by atoms with Gasteiger partial charge in [0, 0.05) is 45.1 Å². The number of nitrogens with one attached hydrogen (secondary N) is 1. The van der Waals surface area contributed by atoms with Gasteiger partial charge in [0.2, 0.25) is 15.6 Å². The number of likely N-dealkylation sites (tertiary alicyclic amines) is 1. The number of anilines is 2. The molecule has 0 spiro atoms. The fourth-order valence-electron chi connectivity index (χ4n) is 5.89. The van der Waals surface area contributed by atoms with Crippen molar-refractivity contribution in [2.75, 3.05) is 55.1 Å². The third-order valence-corrected chi connectivity index (χ3v) is 8.68. The van der Waals surface area contributed by atoms with Gasteiger partial charge in [-0.05, 0) is 55.3 Å². The molecule has 5 rings (SSSR count). The number of aromatic nitrogens is 1. The number of ether oxygens (including phenoxy) is 1. The number of alkyl halides is 6. The zero-order valence-corrected chi connectivity index (χ0v) is 26.3. The number of benzene rings is 2. The largest absolute Gasteiger partial charge is 0.476 e. The quantitative estimate of drug-likeness (QED) is 0.350. The SMILES string of the molecule is CS(=O)(=O)Nc1ccccc1N1CCN(C(=O)C2(Oc3ccc(C(F)(F)F)cc3)CCCN(C(=O)c3cnccc3C(F)(F)F)C2)CC1. The van der Waals surface area contributed by atoms with Crippen LogP contribution in [-0.2, 0) is 27.2 Å². The Hall–Kier alpha value is -4.54. The van der Waals surface area contributed by atoms with E-state index < -0.39 is 63.0 Å². The predicted molar refractivity (Wildman–Crippen MR) is 163 cm³/mol. The van der Waals surface area contributed by atoms with Crippen molar-refractivity contribution in [2.24, 2.45) is 0 Å². The van der Waals surface area contributed by atoms with Crippen molar-refractivity contribution in [1.29, 1.82) is 0 Å². The molecule has 10 nitrogen and oxygen atoms in total. The molecule has 3 heterocycles. The second kappa shape index (κ2) is 13.2. The fourth-order valence-corrected chi connectivity index (χ4v) is 6.46. The monoisotopic (exact) mass is 699 g/mol. The molecule has 2 saturated heterocycles. The number of hydrogen-bond acceptors (Lipinski definition) is 7. The van der Waals surface area contributed by atoms with Crippen LogP contribution in [0.15, 0.2) is 67.0 Å². The minimum Gasteiger partial charge on any atom is -0.476 e. The molecule has 2 amide bonds. The molecule has 48 heavy (non-hydrogen) atoms. The normalized spacial score (nSPS) is 19.2. The maximum absolute atomic E-state index is 14.3. The number of sulfonamides is 1. The van der Waals surface area contributed by atoms with Gasteiger partial charge in [-0.1, -0.05) is 12.1 Å². The lowest BCUT2D eigenvalue weighted by molar-refractivity contribution is -0.153. The molecule has 1 N–H and O–H groups in total. The number of piperidine rings is 1. The van der Waals surface area contributed by atoms with E-state index in [-0.39, 0.29) is 51.3 Å². The number of amides is 2. The van der Waals surface area contributed by atoms with Crippen molar-refractivity contribution in [3.8, 4) is 5.75 Å². The number of carbonyl (C=O) groups is 2. The number of hydrogen-bond donors (Lipinski definition) is 1. The molecule has 3 aromatic rings. The summed E-state index contributed by atoms with van der Waals surface area (Å²) in [5.74, 6) is -1.71. The second-order valence-corrected chi connectivity index (χ2v) is 13.3. The highest BCUT2D eigenvalue weighted by molar-refractivity contribution is 7.92. The predicted octanol–water partition coefficient (Wildman–Crippen LogP) is 4.89. The number of pyridine rings is 1. The van der Waals surface area contributed by atoms with E-state index in [2.05, 4.69) is 9.71 Å². The van der Waals surface area contributed by atoms with Crippen LogP contribution in [0.5, 0.6) is 5.75 Å². The highest BCUT2D eigenvalue weighted by Gasteiger charge is 2.49. The standard InChI is InChI=1S/C31H31F6N5O5S/c1-48(45,46)39-25-5-2-3-6-26(25)40-15-17-41(18-16-40)28(44)29(47-22-9-7-21(8-10-22)30(32,33)34)12-4-14-42(20-29)27(43)23-19-38-13-11-24(23)31(35,36)37/h2-3,5-11,13,19,39H,4,12,14-18,20H2,1H3. The first-order valence-electron chi connectivity index (χ1n) is 14.7. The highest BCUT2D eigenvalue weighted by Crippen LogP contribution is 2.37. The van der Waals surface area contributed by atoms with Crippen LogP contribution in [0.4, 0.5) is 37.7 Å². The zero-order valence-electron chi connectivity index (χ0n) is 25.5. The summed E-state index contributed by atoms with van der Waals surface area (Å²) in [4.78, 5) is 35.9. The molecule has 1 atom stereocenters. The molecule has 1 unspecified atom stereocenters. The van der Waals surface area contributed by atoms with Crippen LogP contribution in [0.3, 0.4) is 0 Å². The van der Waals surface area contributed by atoms with Gasteiger partial charge in [-0.3, -0.25) is 19.3 Å². The lowest BCUT2D eigenvalue weighted by atomic mass is 9.89. The van der Waals surface area contributed by atoms with Crippen LogP contribution in [0.25, 0.3) is 0 Å². The molecule has 0 bridgehead atoms. The topological polar surface area (TPSA) is 112 Å². The van der Waals surface area contributed by atoms with Crippen molar-refractivity contribution in [1.82, 2.24) is 14.8 Å². The molecule has 258 valence electrons. The summed E-state index contributed by atoms with van der Waals surface area (Å²) in [6.07, 6.45) is -6.59. The number of piperazine rings is 1. The van der Waals surface area contributed by atoms with Crippen LogP contribution in [0.2, 0.25) is 0 Å². The van der Waals surface area contributed by atoms with Gasteiger partial charge in [0.1, 0.15) is 5.75 Å². The molecular weight excluding hydrogens is 668 g/mol. The first-order chi connectivity index (χ1) is 22.5. The van der Waals surface area contributed by atoms with Gasteiger partial charge in [0.15, 0.2) is 0 Å². The lowest BCUT2D eigenvalue weighted by Crippen LogP contribution is -2.64. The first-order valence-corrected chi connectivity index (χ1v) is 16.6. The number of rotatable bonds is 7. The molecule has 2 aliphatic rings. The highest BCUT2D eigenvalue weighted by atomic mass is 32.2. The average molecular weight is 700 g/mol. The van der Waals surface area contributed by atoms with Crippen LogP contribution in [0.1, 0.15) is 34.3 Å². The maximum Gasteiger partial charge on any atom is 0.417 e. The van der Waals surface area contributed by atoms with E-state index in [1.54, 1.807) is 24.3 Å². The van der Waals surface area contributed by atoms with Gasteiger partial charge >= 0.3 is 12.4 Å². The fraction of sp³-hybridized carbons (Fsp3) is 0.387. The first kappa shape index (κ1) is 34.8. The molecular formula is C31H31F6N5O5S. The van der Waals surface area contributed by atoms with Crippen molar-refractivity contribution in [2.45, 2.75) is 30.8 Å². The van der Waals surface area contributed by atoms with E-state index in [0.717, 1.165) is 47.8 Å². The van der Waals surface area contributed by atoms with E-state index in [0.29, 0.717) is 17.4 Å². The summed E-state index contributed by atoms with van der Waals surface area (Å²) in [7, 11) is -3.59. The summed E-state index contributed by atoms with van der Waals surface area (Å²) in [5, 5.41) is 0. The van der Waals surface area contributed by atoms with E-state index >= 15 is 0 Å². The molecule has 2 fully saturated rings. The Morgan fingerprint density at radius 1 is 0.875 bits per heavy atom. The lowest BCUT2D eigenvalue weighted by Gasteiger charge is -2.46. The molecule has 2 aromatic carbocycles. The van der Waals surface area contributed by atoms with Crippen LogP contribution in [0, 0.1) is 0 Å². The number of carbonyl (C=O) groups excluding carboxylic acids is 2. The minimum atomic E-state index is -4.86. The third-order valence-electron chi connectivity index (χ3n) is 8.09. The second-order valence-electron chi connectivity index (χ2n) is 11.5. The van der Waals surface area contributed by atoms with Gasteiger partial charge in [-0.2, -0.15) is 26.3 Å². The Morgan fingerprint density at radius 3 is 2.17 bits per heavy atom. The van der Waals surface area contributed by atoms with Gasteiger partial charge < -0.3 is 19.4 Å². The van der Waals surface area contributed by atoms with Gasteiger partial charge in [-0.15, -0.1) is 0 Å². The average Bonchev–Trinajstić information content (AvgIpc) is 3.03. The van der Waals surface area contributed by atoms with Crippen molar-refractivity contribution in [3.63, 3.8) is 0 Å². The number of nitrogens with zero attached hydrogens (tertiary/aromatic N) is 4. The number of halogens is 6. The van der Waals surface area contributed by atoms with E-state index in [1.807, 2.05) is 4.90 Å². The third kappa shape index (κ3) is 7.77. The van der Waals surface area contributed by atoms with E-state index in [9.17, 15) is 44.3 Å². The van der Waals surface area contributed by atoms with Gasteiger partial charge in [-0.25, -0.2) is 8.42 Å². The van der Waals surface area contributed by atoms with E-state index in [4.69, 9.17) is 4.74 Å². The molecule has 0 saturated carbocycles. The van der Waals surface area contributed by atoms with Crippen LogP contribution < -0.4 is 14.4 Å². The molecule has 17 heteroatoms. The summed E-state index contributed by atoms with van der Waals surface area (Å²) >= 11 is 0. The Balaban J connectivity index is 1.42. The van der Waals surface area contributed by atoms with Crippen molar-refractivity contribution in [3.05, 3.63) is 83.7 Å². The van der Waals surface area contributed by atoms with Crippen molar-refractivity contribution >= 4 is 33.2 Å². The maximum atomic E-state index is 14.3. The minimum absolute atomic E-state index is 0.00563. The van der Waals surface area contributed by atoms with Gasteiger partial charge in [0.25, 0.3) is 11.8 Å². The molecule has 2 aliphatic heterocycles. The molecule has 1 aromatic heterocycles. The smallest absolute Gasteiger partial charge is 0.417 e. The molecule has 0 radical (unpaired) electrons. The Bertz CT molecular complexity index is 1760. The summed E-state index contributed by atoms with van der Waals surface area (Å²) in [5.41, 5.74) is -3.78. The summed E-state index contributed by atoms with van der Waals surface area (Å²) < 4.78 is 113. The van der Waals surface area contributed by atoms with Crippen molar-refractivity contribution < 1.29 is 49.1 Å². The number of para-hydroxylation sites is 2. The van der Waals surface area contributed by atoms with Gasteiger partial charge in [0.05, 0.1) is 40.9 Å². The Kier molecular flexibility index (Phi) is 9.54. The Labute approximate surface area is 272 Å². The van der Waals surface area contributed by atoms with Crippen LogP contribution >= 0.6 is 0 Å².